The number of hydrogen-bond donors (Lipinski definition) is 1. The third-order valence-electron chi connectivity index (χ3n) is 3.73. The summed E-state index contributed by atoms with van der Waals surface area (Å²) in [5.74, 6) is 1.04. The lowest BCUT2D eigenvalue weighted by molar-refractivity contribution is 0.184. The van der Waals surface area contributed by atoms with Crippen molar-refractivity contribution in [3.63, 3.8) is 0 Å². The Morgan fingerprint density at radius 2 is 2.05 bits per heavy atom. The van der Waals surface area contributed by atoms with E-state index in [-0.39, 0.29) is 0 Å². The smallest absolute Gasteiger partial charge is 0.133 e. The first kappa shape index (κ1) is 14.6. The van der Waals surface area contributed by atoms with Crippen molar-refractivity contribution in [2.45, 2.75) is 24.4 Å². The van der Waals surface area contributed by atoms with Gasteiger partial charge in [0.2, 0.25) is 0 Å². The molecule has 0 saturated carbocycles. The van der Waals surface area contributed by atoms with Crippen LogP contribution in [0.5, 0.6) is 0 Å². The molecule has 1 unspecified atom stereocenters. The van der Waals surface area contributed by atoms with Gasteiger partial charge in [-0.05, 0) is 12.7 Å². The van der Waals surface area contributed by atoms with E-state index in [1.54, 1.807) is 18.1 Å². The molecule has 2 rings (SSSR count). The second-order valence-corrected chi connectivity index (χ2v) is 5.57. The molecule has 1 fully saturated rings. The standard InChI is InChI=1S/C13H23N5S/c1-3-11(9-14)17-4-6-18(7-5-17)12-8-13(19-2)16-10-15-12/h8,10-11H,3-7,9,14H2,1-2H3. The maximum Gasteiger partial charge on any atom is 0.133 e. The third-order valence-corrected chi connectivity index (χ3v) is 4.38. The number of nitrogens with two attached hydrogens (primary N) is 1. The van der Waals surface area contributed by atoms with Crippen molar-refractivity contribution >= 4 is 17.6 Å². The highest BCUT2D eigenvalue weighted by Gasteiger charge is 2.22. The number of nitrogens with zero attached hydrogens (tertiary/aromatic N) is 4. The minimum atomic E-state index is 0.523. The van der Waals surface area contributed by atoms with Crippen LogP contribution in [0.1, 0.15) is 13.3 Å². The molecule has 0 bridgehead atoms. The second-order valence-electron chi connectivity index (χ2n) is 4.74. The van der Waals surface area contributed by atoms with Crippen LogP contribution in [0.2, 0.25) is 0 Å². The van der Waals surface area contributed by atoms with Crippen LogP contribution < -0.4 is 10.6 Å². The van der Waals surface area contributed by atoms with Crippen LogP contribution in [0.3, 0.4) is 0 Å². The highest BCUT2D eigenvalue weighted by molar-refractivity contribution is 7.98. The van der Waals surface area contributed by atoms with E-state index in [0.29, 0.717) is 6.04 Å². The Labute approximate surface area is 119 Å². The molecule has 0 amide bonds. The summed E-state index contributed by atoms with van der Waals surface area (Å²) in [6, 6.07) is 2.59. The first-order chi connectivity index (χ1) is 9.28. The molecule has 0 aliphatic carbocycles. The van der Waals surface area contributed by atoms with Gasteiger partial charge in [0.25, 0.3) is 0 Å². The van der Waals surface area contributed by atoms with Crippen LogP contribution in [0.25, 0.3) is 0 Å². The third kappa shape index (κ3) is 3.58. The van der Waals surface area contributed by atoms with Crippen molar-refractivity contribution in [1.29, 1.82) is 0 Å². The quantitative estimate of drug-likeness (QED) is 0.643. The van der Waals surface area contributed by atoms with Crippen LogP contribution in [0.15, 0.2) is 17.4 Å². The van der Waals surface area contributed by atoms with E-state index in [1.807, 2.05) is 6.26 Å². The Bertz CT molecular complexity index is 388. The van der Waals surface area contributed by atoms with E-state index in [1.165, 1.54) is 0 Å². The summed E-state index contributed by atoms with van der Waals surface area (Å²) in [5, 5.41) is 1.03. The Kier molecular flexibility index (Phi) is 5.42. The van der Waals surface area contributed by atoms with Crippen molar-refractivity contribution in [3.05, 3.63) is 12.4 Å². The molecule has 2 N–H and O–H groups in total. The number of anilines is 1. The van der Waals surface area contributed by atoms with Gasteiger partial charge in [0, 0.05) is 44.8 Å². The molecule has 0 radical (unpaired) electrons. The Balaban J connectivity index is 1.95. The fourth-order valence-electron chi connectivity index (χ4n) is 2.50. The van der Waals surface area contributed by atoms with Gasteiger partial charge in [-0.15, -0.1) is 11.8 Å². The highest BCUT2D eigenvalue weighted by Crippen LogP contribution is 2.19. The van der Waals surface area contributed by atoms with Crippen molar-refractivity contribution in [3.8, 4) is 0 Å². The van der Waals surface area contributed by atoms with E-state index in [2.05, 4.69) is 32.8 Å². The van der Waals surface area contributed by atoms with Gasteiger partial charge in [0.05, 0.1) is 0 Å². The average molecular weight is 281 g/mol. The summed E-state index contributed by atoms with van der Waals surface area (Å²) in [7, 11) is 0. The molecule has 6 heteroatoms. The van der Waals surface area contributed by atoms with Gasteiger partial charge in [-0.1, -0.05) is 6.92 Å². The van der Waals surface area contributed by atoms with Gasteiger partial charge in [0.1, 0.15) is 17.2 Å². The molecule has 0 aromatic carbocycles. The molecule has 1 atom stereocenters. The zero-order valence-corrected chi connectivity index (χ0v) is 12.6. The molecule has 1 aliphatic rings. The predicted molar refractivity (Wildman–Crippen MR) is 80.7 cm³/mol. The molecule has 1 aromatic heterocycles. The monoisotopic (exact) mass is 281 g/mol. The summed E-state index contributed by atoms with van der Waals surface area (Å²) in [6.07, 6.45) is 4.82. The molecule has 1 saturated heterocycles. The van der Waals surface area contributed by atoms with Gasteiger partial charge in [-0.2, -0.15) is 0 Å². The highest BCUT2D eigenvalue weighted by atomic mass is 32.2. The normalized spacial score (nSPS) is 18.6. The van der Waals surface area contributed by atoms with Crippen LogP contribution in [-0.2, 0) is 0 Å². The number of aromatic nitrogens is 2. The molecule has 0 spiro atoms. The molecular formula is C13H23N5S. The van der Waals surface area contributed by atoms with Crippen LogP contribution in [0.4, 0.5) is 5.82 Å². The van der Waals surface area contributed by atoms with Crippen molar-refractivity contribution in [2.24, 2.45) is 5.73 Å². The predicted octanol–water partition coefficient (Wildman–Crippen LogP) is 1.06. The molecule has 19 heavy (non-hydrogen) atoms. The molecule has 1 aromatic rings. The van der Waals surface area contributed by atoms with Crippen LogP contribution in [0, 0.1) is 0 Å². The number of piperazine rings is 1. The van der Waals surface area contributed by atoms with Gasteiger partial charge < -0.3 is 10.6 Å². The zero-order chi connectivity index (χ0) is 13.7. The molecule has 106 valence electrons. The second kappa shape index (κ2) is 7.07. The molecule has 5 nitrogen and oxygen atoms in total. The lowest BCUT2D eigenvalue weighted by Crippen LogP contribution is -2.52. The van der Waals surface area contributed by atoms with E-state index in [9.17, 15) is 0 Å². The molecule has 2 heterocycles. The van der Waals surface area contributed by atoms with Crippen molar-refractivity contribution in [2.75, 3.05) is 43.9 Å². The SMILES string of the molecule is CCC(CN)N1CCN(c2cc(SC)ncn2)CC1. The maximum atomic E-state index is 5.82. The first-order valence-electron chi connectivity index (χ1n) is 6.83. The van der Waals surface area contributed by atoms with E-state index >= 15 is 0 Å². The lowest BCUT2D eigenvalue weighted by Gasteiger charge is -2.39. The van der Waals surface area contributed by atoms with Crippen molar-refractivity contribution < 1.29 is 0 Å². The number of hydrogen-bond acceptors (Lipinski definition) is 6. The van der Waals surface area contributed by atoms with Gasteiger partial charge in [0.15, 0.2) is 0 Å². The van der Waals surface area contributed by atoms with Gasteiger partial charge >= 0.3 is 0 Å². The summed E-state index contributed by atoms with van der Waals surface area (Å²) in [4.78, 5) is 13.4. The van der Waals surface area contributed by atoms with Gasteiger partial charge in [-0.25, -0.2) is 9.97 Å². The summed E-state index contributed by atoms with van der Waals surface area (Å²) in [6.45, 7) is 7.12. The minimum absolute atomic E-state index is 0.523. The zero-order valence-electron chi connectivity index (χ0n) is 11.7. The van der Waals surface area contributed by atoms with E-state index < -0.39 is 0 Å². The largest absolute Gasteiger partial charge is 0.354 e. The fraction of sp³-hybridized carbons (Fsp3) is 0.692. The summed E-state index contributed by atoms with van der Waals surface area (Å²) < 4.78 is 0. The lowest BCUT2D eigenvalue weighted by atomic mass is 10.1. The molecule has 1 aliphatic heterocycles. The minimum Gasteiger partial charge on any atom is -0.354 e. The van der Waals surface area contributed by atoms with Crippen molar-refractivity contribution in [1.82, 2.24) is 14.9 Å². The summed E-state index contributed by atoms with van der Waals surface area (Å²) in [5.41, 5.74) is 5.82. The Hall–Kier alpha value is -0.850. The first-order valence-corrected chi connectivity index (χ1v) is 8.06. The summed E-state index contributed by atoms with van der Waals surface area (Å²) >= 11 is 1.65. The number of rotatable bonds is 5. The van der Waals surface area contributed by atoms with E-state index in [0.717, 1.165) is 50.0 Å². The van der Waals surface area contributed by atoms with Crippen LogP contribution in [-0.4, -0.2) is 59.9 Å². The van der Waals surface area contributed by atoms with Gasteiger partial charge in [-0.3, -0.25) is 4.90 Å². The number of thioether (sulfide) groups is 1. The fourth-order valence-corrected chi connectivity index (χ4v) is 2.88. The maximum absolute atomic E-state index is 5.82. The Morgan fingerprint density at radius 3 is 2.63 bits per heavy atom. The topological polar surface area (TPSA) is 58.3 Å². The molecular weight excluding hydrogens is 258 g/mol. The van der Waals surface area contributed by atoms with E-state index in [4.69, 9.17) is 5.73 Å². The van der Waals surface area contributed by atoms with Crippen LogP contribution >= 0.6 is 11.8 Å². The average Bonchev–Trinajstić information content (AvgIpc) is 2.49. The Morgan fingerprint density at radius 1 is 1.32 bits per heavy atom.